The predicted octanol–water partition coefficient (Wildman–Crippen LogP) is 3.06. The fourth-order valence-corrected chi connectivity index (χ4v) is 5.24. The van der Waals surface area contributed by atoms with E-state index in [2.05, 4.69) is 4.98 Å². The Kier molecular flexibility index (Phi) is 3.06. The number of nitrogens with zero attached hydrogens (tertiary/aromatic N) is 1. The number of hydrogen-bond donors (Lipinski definition) is 1. The number of methoxy groups -OCH3 is 1. The zero-order valence-corrected chi connectivity index (χ0v) is 12.2. The molecule has 0 radical (unpaired) electrons. The molecule has 21 heavy (non-hydrogen) atoms. The number of rotatable bonds is 4. The summed E-state index contributed by atoms with van der Waals surface area (Å²) in [5.41, 5.74) is 0.425. The van der Waals surface area contributed by atoms with Crippen molar-refractivity contribution in [3.05, 3.63) is 17.3 Å². The second-order valence-corrected chi connectivity index (χ2v) is 7.02. The molecule has 4 aliphatic carbocycles. The molecule has 1 heterocycles. The maximum atomic E-state index is 11.3. The van der Waals surface area contributed by atoms with Crippen LogP contribution in [-0.4, -0.2) is 23.2 Å². The van der Waals surface area contributed by atoms with Crippen LogP contribution in [0.25, 0.3) is 0 Å². The Morgan fingerprint density at radius 2 is 1.86 bits per heavy atom. The maximum absolute atomic E-state index is 11.3. The summed E-state index contributed by atoms with van der Waals surface area (Å²) < 4.78 is 10.7. The Bertz CT molecular complexity index is 537. The lowest BCUT2D eigenvalue weighted by Crippen LogP contribution is -2.43. The summed E-state index contributed by atoms with van der Waals surface area (Å²) >= 11 is 0. The highest BCUT2D eigenvalue weighted by Crippen LogP contribution is 2.59. The molecule has 0 unspecified atom stereocenters. The fourth-order valence-electron chi connectivity index (χ4n) is 5.24. The van der Waals surface area contributed by atoms with E-state index < -0.39 is 5.97 Å². The Labute approximate surface area is 123 Å². The average Bonchev–Trinajstić information content (AvgIpc) is 2.82. The topological polar surface area (TPSA) is 72.6 Å². The normalized spacial score (nSPS) is 37.1. The first-order valence-corrected chi connectivity index (χ1v) is 7.87. The van der Waals surface area contributed by atoms with Gasteiger partial charge in [0, 0.05) is 13.0 Å². The van der Waals surface area contributed by atoms with E-state index in [4.69, 9.17) is 9.15 Å². The number of aromatic nitrogens is 1. The van der Waals surface area contributed by atoms with E-state index in [-0.39, 0.29) is 12.4 Å². The summed E-state index contributed by atoms with van der Waals surface area (Å²) in [5, 5.41) is 9.27. The third kappa shape index (κ3) is 2.09. The quantitative estimate of drug-likeness (QED) is 0.923. The highest BCUT2D eigenvalue weighted by molar-refractivity contribution is 5.85. The van der Waals surface area contributed by atoms with Crippen molar-refractivity contribution in [1.29, 1.82) is 0 Å². The van der Waals surface area contributed by atoms with Gasteiger partial charge in [0.05, 0.1) is 6.61 Å². The van der Waals surface area contributed by atoms with Gasteiger partial charge in [0.1, 0.15) is 5.69 Å². The molecule has 0 saturated heterocycles. The van der Waals surface area contributed by atoms with Crippen molar-refractivity contribution < 1.29 is 19.1 Å². The molecule has 114 valence electrons. The van der Waals surface area contributed by atoms with Gasteiger partial charge in [-0.3, -0.25) is 0 Å². The standard InChI is InChI=1S/C16H21NO4/c1-20-7-12-14(16(18)19)21-15(17-12)13-10-3-8-2-9(5-10)6-11(13)4-8/h8-11,13H,2-7H2,1H3,(H,18,19). The molecule has 1 N–H and O–H groups in total. The summed E-state index contributed by atoms with van der Waals surface area (Å²) in [6.07, 6.45) is 6.47. The smallest absolute Gasteiger partial charge is 0.373 e. The minimum Gasteiger partial charge on any atom is -0.475 e. The lowest BCUT2D eigenvalue weighted by molar-refractivity contribution is -0.0119. The molecular weight excluding hydrogens is 270 g/mol. The van der Waals surface area contributed by atoms with Gasteiger partial charge < -0.3 is 14.3 Å². The van der Waals surface area contributed by atoms with Crippen LogP contribution in [0.5, 0.6) is 0 Å². The predicted molar refractivity (Wildman–Crippen MR) is 74.0 cm³/mol. The summed E-state index contributed by atoms with van der Waals surface area (Å²) in [5.74, 6) is 2.92. The third-order valence-electron chi connectivity index (χ3n) is 5.70. The molecular formula is C16H21NO4. The lowest BCUT2D eigenvalue weighted by atomic mass is 9.52. The number of hydrogen-bond acceptors (Lipinski definition) is 4. The van der Waals surface area contributed by atoms with Crippen LogP contribution < -0.4 is 0 Å². The fraction of sp³-hybridized carbons (Fsp3) is 0.750. The first-order valence-electron chi connectivity index (χ1n) is 7.87. The van der Waals surface area contributed by atoms with E-state index >= 15 is 0 Å². The maximum Gasteiger partial charge on any atom is 0.373 e. The van der Waals surface area contributed by atoms with Crippen LogP contribution in [0.15, 0.2) is 4.42 Å². The van der Waals surface area contributed by atoms with Gasteiger partial charge >= 0.3 is 5.97 Å². The SMILES string of the molecule is COCc1nc(C2C3CC4CC(C3)CC2C4)oc1C(=O)O. The zero-order chi connectivity index (χ0) is 14.6. The first-order chi connectivity index (χ1) is 10.2. The van der Waals surface area contributed by atoms with Gasteiger partial charge in [-0.25, -0.2) is 9.78 Å². The molecule has 0 spiro atoms. The van der Waals surface area contributed by atoms with E-state index in [0.29, 0.717) is 29.3 Å². The van der Waals surface area contributed by atoms with E-state index in [1.807, 2.05) is 0 Å². The Morgan fingerprint density at radius 3 is 2.38 bits per heavy atom. The number of aromatic carboxylic acids is 1. The highest BCUT2D eigenvalue weighted by atomic mass is 16.5. The molecule has 5 nitrogen and oxygen atoms in total. The third-order valence-corrected chi connectivity index (χ3v) is 5.70. The van der Waals surface area contributed by atoms with Crippen molar-refractivity contribution in [3.8, 4) is 0 Å². The monoisotopic (exact) mass is 291 g/mol. The Hall–Kier alpha value is -1.36. The molecule has 4 aliphatic rings. The molecule has 4 fully saturated rings. The van der Waals surface area contributed by atoms with Crippen LogP contribution in [0, 0.1) is 23.7 Å². The van der Waals surface area contributed by atoms with Gasteiger partial charge in [0.15, 0.2) is 5.89 Å². The van der Waals surface area contributed by atoms with Crippen molar-refractivity contribution in [3.63, 3.8) is 0 Å². The van der Waals surface area contributed by atoms with Gasteiger partial charge in [-0.05, 0) is 55.8 Å². The van der Waals surface area contributed by atoms with Gasteiger partial charge in [-0.2, -0.15) is 0 Å². The molecule has 0 aromatic carbocycles. The van der Waals surface area contributed by atoms with Gasteiger partial charge in [-0.1, -0.05) is 0 Å². The molecule has 5 heteroatoms. The van der Waals surface area contributed by atoms with Crippen molar-refractivity contribution in [2.24, 2.45) is 23.7 Å². The molecule has 0 atom stereocenters. The average molecular weight is 291 g/mol. The Balaban J connectivity index is 1.67. The zero-order valence-electron chi connectivity index (χ0n) is 12.2. The van der Waals surface area contributed by atoms with Crippen LogP contribution in [0.1, 0.15) is 60.2 Å². The van der Waals surface area contributed by atoms with Crippen molar-refractivity contribution in [2.75, 3.05) is 7.11 Å². The number of carboxylic acids is 1. The minimum atomic E-state index is -1.05. The second-order valence-electron chi connectivity index (χ2n) is 7.02. The van der Waals surface area contributed by atoms with E-state index in [1.54, 1.807) is 7.11 Å². The summed E-state index contributed by atoms with van der Waals surface area (Å²) in [7, 11) is 1.54. The highest BCUT2D eigenvalue weighted by Gasteiger charge is 2.50. The van der Waals surface area contributed by atoms with Crippen LogP contribution >= 0.6 is 0 Å². The summed E-state index contributed by atoms with van der Waals surface area (Å²) in [6, 6.07) is 0. The van der Waals surface area contributed by atoms with Crippen LogP contribution in [0.4, 0.5) is 0 Å². The van der Waals surface area contributed by atoms with Crippen LogP contribution in [0.2, 0.25) is 0 Å². The Morgan fingerprint density at radius 1 is 1.24 bits per heavy atom. The molecule has 1 aromatic heterocycles. The molecule has 4 saturated carbocycles. The lowest BCUT2D eigenvalue weighted by Gasteiger charge is -2.53. The number of carboxylic acid groups (broad SMARTS) is 1. The largest absolute Gasteiger partial charge is 0.475 e. The van der Waals surface area contributed by atoms with E-state index in [1.165, 1.54) is 32.1 Å². The summed E-state index contributed by atoms with van der Waals surface area (Å²) in [4.78, 5) is 15.8. The number of oxazole rings is 1. The van der Waals surface area contributed by atoms with Gasteiger partial charge in [-0.15, -0.1) is 0 Å². The summed E-state index contributed by atoms with van der Waals surface area (Å²) in [6.45, 7) is 0.193. The van der Waals surface area contributed by atoms with Crippen LogP contribution in [0.3, 0.4) is 0 Å². The van der Waals surface area contributed by atoms with E-state index in [0.717, 1.165) is 11.8 Å². The molecule has 0 aliphatic heterocycles. The number of ether oxygens (including phenoxy) is 1. The van der Waals surface area contributed by atoms with Gasteiger partial charge in [0.2, 0.25) is 5.76 Å². The van der Waals surface area contributed by atoms with Crippen LogP contribution in [-0.2, 0) is 11.3 Å². The second kappa shape index (κ2) is 4.83. The minimum absolute atomic E-state index is 0.0411. The first kappa shape index (κ1) is 13.3. The number of carbonyl (C=O) groups is 1. The van der Waals surface area contributed by atoms with Gasteiger partial charge in [0.25, 0.3) is 0 Å². The van der Waals surface area contributed by atoms with Crippen molar-refractivity contribution >= 4 is 5.97 Å². The van der Waals surface area contributed by atoms with Crippen molar-refractivity contribution in [2.45, 2.75) is 44.6 Å². The van der Waals surface area contributed by atoms with Crippen molar-refractivity contribution in [1.82, 2.24) is 4.98 Å². The molecule has 1 aromatic rings. The molecule has 0 amide bonds. The van der Waals surface area contributed by atoms with E-state index in [9.17, 15) is 9.90 Å². The molecule has 4 bridgehead atoms. The molecule has 5 rings (SSSR count).